The van der Waals surface area contributed by atoms with Crippen LogP contribution in [0.3, 0.4) is 0 Å². The number of anilines is 1. The molecule has 1 aliphatic heterocycles. The second-order valence-electron chi connectivity index (χ2n) is 8.05. The zero-order valence-electron chi connectivity index (χ0n) is 19.6. The van der Waals surface area contributed by atoms with Gasteiger partial charge >= 0.3 is 0 Å². The molecule has 1 aromatic heterocycles. The number of nitrogens with zero attached hydrogens (tertiary/aromatic N) is 2. The summed E-state index contributed by atoms with van der Waals surface area (Å²) in [6.07, 6.45) is 3.43. The van der Waals surface area contributed by atoms with Crippen LogP contribution in [0.5, 0.6) is 11.5 Å². The first kappa shape index (κ1) is 22.4. The number of H-pyrrole nitrogens is 1. The Morgan fingerprint density at radius 1 is 0.971 bits per heavy atom. The highest BCUT2D eigenvalue weighted by molar-refractivity contribution is 6.24. The number of aromatic nitrogens is 2. The molecule has 1 unspecified atom stereocenters. The minimum atomic E-state index is -0.588. The molecule has 176 valence electrons. The zero-order chi connectivity index (χ0) is 24.2. The third kappa shape index (κ3) is 4.53. The smallest absolute Gasteiger partial charge is 0.238 e. The molecular formula is C28H26N4O3. The van der Waals surface area contributed by atoms with Gasteiger partial charge in [0, 0.05) is 11.8 Å². The Morgan fingerprint density at radius 3 is 2.34 bits per heavy atom. The number of hydrogen-bond donors (Lipinski definition) is 2. The molecule has 2 heterocycles. The predicted octanol–water partition coefficient (Wildman–Crippen LogP) is 5.73. The van der Waals surface area contributed by atoms with Crippen LogP contribution in [-0.2, 0) is 4.79 Å². The molecule has 4 aromatic rings. The number of nitrogens with one attached hydrogen (secondary N) is 2. The highest BCUT2D eigenvalue weighted by Crippen LogP contribution is 2.43. The lowest BCUT2D eigenvalue weighted by molar-refractivity contribution is -0.115. The number of benzene rings is 3. The Hall–Kier alpha value is -4.39. The van der Waals surface area contributed by atoms with Crippen molar-refractivity contribution in [1.29, 1.82) is 0 Å². The average molecular weight is 467 g/mol. The Kier molecular flexibility index (Phi) is 6.30. The van der Waals surface area contributed by atoms with Crippen molar-refractivity contribution >= 4 is 23.0 Å². The number of fused-ring (bicyclic) bond motifs is 1. The topological polar surface area (TPSA) is 88.6 Å². The standard InChI is InChI=1S/C28H26N4O3/c1-3-34-24-14-21-22(15-25(24)35-4-2)32-28(33)26(21)27(19-8-6-5-7-9-19)31-20-12-10-18(11-13-20)23-16-29-17-30-23/h5-17,26H,3-4H2,1-2H3,(H,29,30)(H,32,33). The number of imidazole rings is 1. The molecule has 0 radical (unpaired) electrons. The van der Waals surface area contributed by atoms with Crippen LogP contribution in [0.15, 0.2) is 84.2 Å². The average Bonchev–Trinajstić information content (AvgIpc) is 3.52. The molecule has 0 bridgehead atoms. The van der Waals surface area contributed by atoms with Gasteiger partial charge in [-0.05, 0) is 48.7 Å². The van der Waals surface area contributed by atoms with Crippen LogP contribution in [0.1, 0.15) is 30.9 Å². The van der Waals surface area contributed by atoms with E-state index in [-0.39, 0.29) is 5.91 Å². The van der Waals surface area contributed by atoms with E-state index in [1.165, 1.54) is 0 Å². The van der Waals surface area contributed by atoms with Crippen molar-refractivity contribution in [3.63, 3.8) is 0 Å². The second-order valence-corrected chi connectivity index (χ2v) is 8.05. The van der Waals surface area contributed by atoms with Crippen LogP contribution in [0, 0.1) is 0 Å². The van der Waals surface area contributed by atoms with Gasteiger partial charge in [0.25, 0.3) is 0 Å². The molecule has 0 saturated carbocycles. The van der Waals surface area contributed by atoms with Crippen molar-refractivity contribution in [2.45, 2.75) is 19.8 Å². The van der Waals surface area contributed by atoms with Gasteiger partial charge in [-0.1, -0.05) is 42.5 Å². The van der Waals surface area contributed by atoms with Gasteiger partial charge in [0.1, 0.15) is 5.92 Å². The molecule has 2 N–H and O–H groups in total. The molecule has 7 heteroatoms. The van der Waals surface area contributed by atoms with E-state index in [9.17, 15) is 4.79 Å². The summed E-state index contributed by atoms with van der Waals surface area (Å²) < 4.78 is 11.6. The minimum absolute atomic E-state index is 0.132. The van der Waals surface area contributed by atoms with E-state index >= 15 is 0 Å². The first-order valence-electron chi connectivity index (χ1n) is 11.6. The fourth-order valence-corrected chi connectivity index (χ4v) is 4.25. The van der Waals surface area contributed by atoms with Gasteiger partial charge in [0.15, 0.2) is 11.5 Å². The van der Waals surface area contributed by atoms with E-state index in [1.54, 1.807) is 12.5 Å². The maximum absolute atomic E-state index is 13.3. The third-order valence-electron chi connectivity index (χ3n) is 5.82. The first-order valence-corrected chi connectivity index (χ1v) is 11.6. The molecular weight excluding hydrogens is 440 g/mol. The molecule has 1 atom stereocenters. The molecule has 0 spiro atoms. The molecule has 0 saturated heterocycles. The quantitative estimate of drug-likeness (QED) is 0.325. The third-order valence-corrected chi connectivity index (χ3v) is 5.82. The summed E-state index contributed by atoms with van der Waals surface area (Å²) in [7, 11) is 0. The molecule has 35 heavy (non-hydrogen) atoms. The molecule has 1 amide bonds. The molecule has 5 rings (SSSR count). The maximum Gasteiger partial charge on any atom is 0.238 e. The van der Waals surface area contributed by atoms with Gasteiger partial charge in [-0.2, -0.15) is 0 Å². The van der Waals surface area contributed by atoms with E-state index in [0.717, 1.165) is 28.1 Å². The van der Waals surface area contributed by atoms with Crippen LogP contribution < -0.4 is 14.8 Å². The number of ether oxygens (including phenoxy) is 2. The zero-order valence-corrected chi connectivity index (χ0v) is 19.6. The van der Waals surface area contributed by atoms with Crippen molar-refractivity contribution in [2.24, 2.45) is 4.99 Å². The highest BCUT2D eigenvalue weighted by Gasteiger charge is 2.36. The molecule has 0 aliphatic carbocycles. The van der Waals surface area contributed by atoms with Crippen molar-refractivity contribution in [3.8, 4) is 22.8 Å². The summed E-state index contributed by atoms with van der Waals surface area (Å²) in [4.78, 5) is 25.5. The van der Waals surface area contributed by atoms with Crippen molar-refractivity contribution < 1.29 is 14.3 Å². The van der Waals surface area contributed by atoms with E-state index in [1.807, 2.05) is 80.6 Å². The Bertz CT molecular complexity index is 1350. The van der Waals surface area contributed by atoms with Gasteiger partial charge in [-0.15, -0.1) is 0 Å². The minimum Gasteiger partial charge on any atom is -0.490 e. The van der Waals surface area contributed by atoms with Crippen molar-refractivity contribution in [3.05, 3.63) is 90.4 Å². The fraction of sp³-hybridized carbons (Fsp3) is 0.179. The maximum atomic E-state index is 13.3. The van der Waals surface area contributed by atoms with Crippen LogP contribution in [-0.4, -0.2) is 34.8 Å². The number of hydrogen-bond acceptors (Lipinski definition) is 5. The molecule has 7 nitrogen and oxygen atoms in total. The largest absolute Gasteiger partial charge is 0.490 e. The van der Waals surface area contributed by atoms with E-state index in [4.69, 9.17) is 14.5 Å². The summed E-state index contributed by atoms with van der Waals surface area (Å²) in [6, 6.07) is 21.4. The number of amides is 1. The summed E-state index contributed by atoms with van der Waals surface area (Å²) in [5, 5.41) is 3.01. The SMILES string of the molecule is CCOc1cc2c(cc1OCC)C(C(=Nc1ccc(-c3cnc[nH]3)cc1)c1ccccc1)C(=O)N2. The highest BCUT2D eigenvalue weighted by atomic mass is 16.5. The molecule has 0 fully saturated rings. The summed E-state index contributed by atoms with van der Waals surface area (Å²) in [6.45, 7) is 4.84. The van der Waals surface area contributed by atoms with Crippen LogP contribution in [0.2, 0.25) is 0 Å². The number of aliphatic imine (C=N–C) groups is 1. The molecule has 3 aromatic carbocycles. The van der Waals surface area contributed by atoms with Gasteiger partial charge in [-0.3, -0.25) is 9.79 Å². The number of carbonyl (C=O) groups excluding carboxylic acids is 1. The van der Waals surface area contributed by atoms with Gasteiger partial charge in [-0.25, -0.2) is 4.98 Å². The summed E-state index contributed by atoms with van der Waals surface area (Å²) in [5.74, 6) is 0.509. The summed E-state index contributed by atoms with van der Waals surface area (Å²) >= 11 is 0. The lowest BCUT2D eigenvalue weighted by atomic mass is 9.90. The number of rotatable bonds is 8. The van der Waals surface area contributed by atoms with Gasteiger partial charge in [0.05, 0.1) is 42.8 Å². The summed E-state index contributed by atoms with van der Waals surface area (Å²) in [5.41, 5.74) is 5.78. The van der Waals surface area contributed by atoms with Crippen LogP contribution >= 0.6 is 0 Å². The Balaban J connectivity index is 1.60. The first-order chi connectivity index (χ1) is 17.2. The number of carbonyl (C=O) groups is 1. The fourth-order valence-electron chi connectivity index (χ4n) is 4.25. The van der Waals surface area contributed by atoms with Crippen molar-refractivity contribution in [2.75, 3.05) is 18.5 Å². The Labute approximate surface area is 203 Å². The number of aromatic amines is 1. The Morgan fingerprint density at radius 2 is 1.69 bits per heavy atom. The predicted molar refractivity (Wildman–Crippen MR) is 137 cm³/mol. The normalized spacial score (nSPS) is 15.0. The molecule has 1 aliphatic rings. The second kappa shape index (κ2) is 9.85. The van der Waals surface area contributed by atoms with E-state index in [0.29, 0.717) is 36.1 Å². The van der Waals surface area contributed by atoms with E-state index < -0.39 is 5.92 Å². The van der Waals surface area contributed by atoms with Gasteiger partial charge in [0.2, 0.25) is 5.91 Å². The van der Waals surface area contributed by atoms with Crippen molar-refractivity contribution in [1.82, 2.24) is 9.97 Å². The monoisotopic (exact) mass is 466 g/mol. The van der Waals surface area contributed by atoms with Crippen LogP contribution in [0.25, 0.3) is 11.3 Å². The van der Waals surface area contributed by atoms with Crippen LogP contribution in [0.4, 0.5) is 11.4 Å². The van der Waals surface area contributed by atoms with E-state index in [2.05, 4.69) is 15.3 Å². The van der Waals surface area contributed by atoms with Gasteiger partial charge < -0.3 is 19.8 Å². The lowest BCUT2D eigenvalue weighted by Gasteiger charge is -2.16. The lowest BCUT2D eigenvalue weighted by Crippen LogP contribution is -2.22.